The van der Waals surface area contributed by atoms with E-state index in [0.717, 1.165) is 0 Å². The van der Waals surface area contributed by atoms with E-state index in [4.69, 9.17) is 40.9 Å². The highest BCUT2D eigenvalue weighted by Gasteiger charge is 2.21. The lowest BCUT2D eigenvalue weighted by molar-refractivity contribution is 0.268. The highest BCUT2D eigenvalue weighted by molar-refractivity contribution is 6.49. The highest BCUT2D eigenvalue weighted by atomic mass is 35.5. The molecule has 0 fully saturated rings. The fraction of sp³-hybridized carbons (Fsp3) is 0. The van der Waals surface area contributed by atoms with Crippen molar-refractivity contribution in [2.75, 3.05) is 0 Å². The molecule has 0 aliphatic heterocycles. The zero-order valence-corrected chi connectivity index (χ0v) is 13.5. The van der Waals surface area contributed by atoms with Crippen LogP contribution in [0.1, 0.15) is 0 Å². The Hall–Kier alpha value is -3.24. The van der Waals surface area contributed by atoms with Gasteiger partial charge in [0.25, 0.3) is 0 Å². The fourth-order valence-electron chi connectivity index (χ4n) is 2.36. The molecule has 0 aliphatic carbocycles. The number of rotatable bonds is 0. The summed E-state index contributed by atoms with van der Waals surface area (Å²) in [4.78, 5) is 46.6. The van der Waals surface area contributed by atoms with Gasteiger partial charge in [0.1, 0.15) is 21.2 Å². The van der Waals surface area contributed by atoms with E-state index >= 15 is 0 Å². The predicted octanol–water partition coefficient (Wildman–Crippen LogP) is 2.58. The van der Waals surface area contributed by atoms with E-state index in [-0.39, 0.29) is 32.0 Å². The van der Waals surface area contributed by atoms with E-state index in [9.17, 15) is 19.2 Å². The van der Waals surface area contributed by atoms with Gasteiger partial charge in [-0.2, -0.15) is 0 Å². The van der Waals surface area contributed by atoms with Crippen molar-refractivity contribution in [3.05, 3.63) is 64.6 Å². The lowest BCUT2D eigenvalue weighted by Gasteiger charge is -2.04. The quantitative estimate of drug-likeness (QED) is 0.431. The van der Waals surface area contributed by atoms with Crippen LogP contribution in [0.2, 0.25) is 10.0 Å². The van der Waals surface area contributed by atoms with Gasteiger partial charge in [-0.25, -0.2) is 19.2 Å². The van der Waals surface area contributed by atoms with Crippen LogP contribution in [0.15, 0.2) is 57.8 Å². The summed E-state index contributed by atoms with van der Waals surface area (Å²) in [5.74, 6) is -5.80. The van der Waals surface area contributed by atoms with Crippen molar-refractivity contribution in [2.45, 2.75) is 0 Å². The molecule has 3 aromatic heterocycles. The van der Waals surface area contributed by atoms with Crippen molar-refractivity contribution >= 4 is 56.3 Å². The Balaban J connectivity index is 2.65. The number of fused-ring (bicyclic) bond motifs is 5. The first-order chi connectivity index (χ1) is 12.3. The van der Waals surface area contributed by atoms with Gasteiger partial charge in [-0.1, -0.05) is 23.2 Å². The highest BCUT2D eigenvalue weighted by Crippen LogP contribution is 2.41. The lowest BCUT2D eigenvalue weighted by Crippen LogP contribution is -2.03. The molecule has 0 amide bonds. The van der Waals surface area contributed by atoms with E-state index in [2.05, 4.69) is 8.83 Å². The first-order valence-corrected chi connectivity index (χ1v) is 7.31. The third kappa shape index (κ3) is 2.43. The van der Waals surface area contributed by atoms with E-state index in [1.807, 2.05) is 0 Å². The molecule has 0 saturated carbocycles. The molecule has 2 aromatic carbocycles. The third-order valence-electron chi connectivity index (χ3n) is 3.27. The molecule has 5 aromatic rings. The largest absolute Gasteiger partial charge is 0.524 e. The predicted molar refractivity (Wildman–Crippen MR) is 85.3 cm³/mol. The Bertz CT molecular complexity index is 1380. The Morgan fingerprint density at radius 2 is 0.885 bits per heavy atom. The summed E-state index contributed by atoms with van der Waals surface area (Å²) in [6, 6.07) is 2.42. The summed E-state index contributed by atoms with van der Waals surface area (Å²) in [6.07, 6.45) is 0. The second kappa shape index (κ2) is 5.64. The molecule has 10 nitrogen and oxygen atoms in total. The molecule has 5 rings (SSSR count). The van der Waals surface area contributed by atoms with Gasteiger partial charge >= 0.3 is 23.3 Å². The molecule has 12 heteroatoms. The topological polar surface area (TPSA) is 147 Å². The normalized spacial score (nSPS) is 11.3. The van der Waals surface area contributed by atoms with Crippen molar-refractivity contribution in [3.63, 3.8) is 0 Å². The van der Waals surface area contributed by atoms with E-state index in [0.29, 0.717) is 0 Å². The number of hydrogen-bond donors (Lipinski definition) is 0. The molecule has 26 heavy (non-hydrogen) atoms. The standard InChI is InChI=1S/C14H2Cl2O10/c15-7-8(16)10-6-4-2-1-3(21-11(17)25-12(18)22-4)5(6)9(7)23-13(19)26-14(20)24-10/h1-2H. The zero-order valence-electron chi connectivity index (χ0n) is 12.0. The first kappa shape index (κ1) is 16.2. The van der Waals surface area contributed by atoms with Crippen LogP contribution in [0.3, 0.4) is 0 Å². The maximum absolute atomic E-state index is 11.7. The van der Waals surface area contributed by atoms with Crippen LogP contribution in [0, 0.1) is 0 Å². The molecule has 0 spiro atoms. The molecule has 0 atom stereocenters. The minimum absolute atomic E-state index is 0.148. The number of hydrogen-bond acceptors (Lipinski definition) is 10. The van der Waals surface area contributed by atoms with Gasteiger partial charge in [0, 0.05) is 0 Å². The van der Waals surface area contributed by atoms with Crippen LogP contribution in [0.5, 0.6) is 0 Å². The first-order valence-electron chi connectivity index (χ1n) is 6.55. The number of benzene rings is 2. The molecule has 0 saturated heterocycles. The van der Waals surface area contributed by atoms with Crippen molar-refractivity contribution in [1.82, 2.24) is 0 Å². The van der Waals surface area contributed by atoms with Gasteiger partial charge < -0.3 is 26.5 Å². The summed E-state index contributed by atoms with van der Waals surface area (Å²) in [6.45, 7) is 0. The summed E-state index contributed by atoms with van der Waals surface area (Å²) < 4.78 is 28.1. The Morgan fingerprint density at radius 3 is 1.27 bits per heavy atom. The van der Waals surface area contributed by atoms with Gasteiger partial charge in [-0.15, -0.1) is 0 Å². The molecular formula is C14H2Cl2O10. The van der Waals surface area contributed by atoms with Crippen molar-refractivity contribution < 1.29 is 26.5 Å². The van der Waals surface area contributed by atoms with Crippen LogP contribution in [-0.2, 0) is 0 Å². The SMILES string of the molecule is O=c1oc(=O)oc2ccc(o1)c1c3oc(=O)oc(=O)oc(c(Cl)c3Cl)c21. The van der Waals surface area contributed by atoms with Crippen LogP contribution in [-0.4, -0.2) is 0 Å². The van der Waals surface area contributed by atoms with Crippen molar-refractivity contribution in [2.24, 2.45) is 0 Å². The summed E-state index contributed by atoms with van der Waals surface area (Å²) in [7, 11) is 0. The van der Waals surface area contributed by atoms with Crippen LogP contribution < -0.4 is 23.3 Å². The second-order valence-electron chi connectivity index (χ2n) is 4.71. The van der Waals surface area contributed by atoms with Crippen LogP contribution >= 0.6 is 23.2 Å². The third-order valence-corrected chi connectivity index (χ3v) is 4.08. The maximum atomic E-state index is 11.7. The Labute approximate surface area is 148 Å². The Morgan fingerprint density at radius 1 is 0.538 bits per heavy atom. The molecular weight excluding hydrogens is 399 g/mol. The van der Waals surface area contributed by atoms with Gasteiger partial charge in [0.15, 0.2) is 11.2 Å². The molecule has 132 valence electrons. The van der Waals surface area contributed by atoms with Gasteiger partial charge in [0.05, 0.1) is 10.8 Å². The molecule has 0 radical (unpaired) electrons. The minimum Gasteiger partial charge on any atom is -0.394 e. The number of halogens is 2. The average molecular weight is 401 g/mol. The van der Waals surface area contributed by atoms with Gasteiger partial charge in [-0.05, 0) is 12.1 Å². The summed E-state index contributed by atoms with van der Waals surface area (Å²) >= 11 is 12.2. The Kier molecular flexibility index (Phi) is 3.53. The molecule has 4 bridgehead atoms. The maximum Gasteiger partial charge on any atom is 0.524 e. The lowest BCUT2D eigenvalue weighted by atomic mass is 10.1. The molecule has 0 unspecified atom stereocenters. The summed E-state index contributed by atoms with van der Waals surface area (Å²) in [5.41, 5.74) is -1.32. The molecule has 0 N–H and O–H groups in total. The molecule has 3 heterocycles. The summed E-state index contributed by atoms with van der Waals surface area (Å²) in [5, 5.41) is -0.987. The molecule has 0 aliphatic rings. The fourth-order valence-corrected chi connectivity index (χ4v) is 2.80. The van der Waals surface area contributed by atoms with Crippen LogP contribution in [0.4, 0.5) is 0 Å². The monoisotopic (exact) mass is 400 g/mol. The average Bonchev–Trinajstić information content (AvgIpc) is 2.70. The zero-order chi connectivity index (χ0) is 18.6. The van der Waals surface area contributed by atoms with Crippen molar-refractivity contribution in [1.29, 1.82) is 0 Å². The van der Waals surface area contributed by atoms with Gasteiger partial charge in [-0.3, -0.25) is 0 Å². The van der Waals surface area contributed by atoms with E-state index < -0.39 is 34.5 Å². The second-order valence-corrected chi connectivity index (χ2v) is 5.47. The van der Waals surface area contributed by atoms with E-state index in [1.165, 1.54) is 12.1 Å². The van der Waals surface area contributed by atoms with E-state index in [1.54, 1.807) is 0 Å². The smallest absolute Gasteiger partial charge is 0.394 e. The van der Waals surface area contributed by atoms with Gasteiger partial charge in [0.2, 0.25) is 0 Å². The van der Waals surface area contributed by atoms with Crippen molar-refractivity contribution in [3.8, 4) is 0 Å². The van der Waals surface area contributed by atoms with Crippen LogP contribution in [0.25, 0.3) is 33.1 Å². The minimum atomic E-state index is -1.48.